The van der Waals surface area contributed by atoms with Crippen LogP contribution in [0.1, 0.15) is 37.3 Å². The number of rotatable bonds is 1. The third-order valence-corrected chi connectivity index (χ3v) is 2.68. The van der Waals surface area contributed by atoms with Gasteiger partial charge in [-0.3, -0.25) is 0 Å². The van der Waals surface area contributed by atoms with Gasteiger partial charge in [-0.2, -0.15) is 0 Å². The summed E-state index contributed by atoms with van der Waals surface area (Å²) in [4.78, 5) is 8.03. The fraction of sp³-hybridized carbons (Fsp3) is 0.556. The number of nitrogens with two attached hydrogens (primary N) is 1. The largest absolute Gasteiger partial charge is 0.384 e. The Labute approximate surface area is 82.3 Å². The van der Waals surface area contributed by atoms with Gasteiger partial charge in [-0.25, -0.2) is 9.97 Å². The zero-order valence-corrected chi connectivity index (χ0v) is 8.09. The summed E-state index contributed by atoms with van der Waals surface area (Å²) >= 11 is 5.73. The van der Waals surface area contributed by atoms with Gasteiger partial charge in [0.1, 0.15) is 5.82 Å². The van der Waals surface area contributed by atoms with E-state index < -0.39 is 0 Å². The van der Waals surface area contributed by atoms with Crippen LogP contribution in [0.2, 0.25) is 5.28 Å². The molecule has 1 heterocycles. The highest BCUT2D eigenvalue weighted by Gasteiger charge is 2.19. The highest BCUT2D eigenvalue weighted by molar-refractivity contribution is 6.28. The number of aromatic nitrogens is 2. The lowest BCUT2D eigenvalue weighted by Crippen LogP contribution is -2.01. The first-order valence-corrected chi connectivity index (χ1v) is 4.93. The Hall–Kier alpha value is -0.830. The Morgan fingerprint density at radius 2 is 2.00 bits per heavy atom. The van der Waals surface area contributed by atoms with Crippen molar-refractivity contribution >= 4 is 17.4 Å². The third-order valence-electron chi connectivity index (χ3n) is 2.51. The summed E-state index contributed by atoms with van der Waals surface area (Å²) in [5.74, 6) is 1.02. The fourth-order valence-corrected chi connectivity index (χ4v) is 2.08. The molecule has 0 aliphatic heterocycles. The number of nitrogen functional groups attached to an aromatic ring is 1. The lowest BCUT2D eigenvalue weighted by Gasteiger charge is -2.08. The van der Waals surface area contributed by atoms with Crippen LogP contribution in [0.3, 0.4) is 0 Å². The van der Waals surface area contributed by atoms with Gasteiger partial charge in [0.05, 0.1) is 5.69 Å². The maximum absolute atomic E-state index is 5.73. The van der Waals surface area contributed by atoms with Crippen LogP contribution in [0.25, 0.3) is 0 Å². The number of halogens is 1. The van der Waals surface area contributed by atoms with E-state index in [1.54, 1.807) is 0 Å². The first-order valence-electron chi connectivity index (χ1n) is 4.55. The summed E-state index contributed by atoms with van der Waals surface area (Å²) in [6.07, 6.45) is 4.97. The summed E-state index contributed by atoms with van der Waals surface area (Å²) in [5, 5.41) is 0.266. The monoisotopic (exact) mass is 197 g/mol. The molecule has 0 atom stereocenters. The molecule has 0 saturated heterocycles. The van der Waals surface area contributed by atoms with Crippen LogP contribution in [0.15, 0.2) is 6.07 Å². The topological polar surface area (TPSA) is 51.8 Å². The van der Waals surface area contributed by atoms with E-state index in [9.17, 15) is 0 Å². The van der Waals surface area contributed by atoms with E-state index in [0.717, 1.165) is 5.69 Å². The minimum absolute atomic E-state index is 0.266. The van der Waals surface area contributed by atoms with Crippen molar-refractivity contribution in [3.05, 3.63) is 17.0 Å². The van der Waals surface area contributed by atoms with Crippen LogP contribution < -0.4 is 5.73 Å². The van der Waals surface area contributed by atoms with Crippen LogP contribution in [0.4, 0.5) is 5.82 Å². The molecule has 4 heteroatoms. The molecule has 3 nitrogen and oxygen atoms in total. The van der Waals surface area contributed by atoms with E-state index >= 15 is 0 Å². The third kappa shape index (κ3) is 1.91. The Kier molecular flexibility index (Phi) is 2.36. The molecular formula is C9H12ClN3. The van der Waals surface area contributed by atoms with Crippen molar-refractivity contribution in [1.82, 2.24) is 9.97 Å². The second-order valence-electron chi connectivity index (χ2n) is 3.47. The summed E-state index contributed by atoms with van der Waals surface area (Å²) in [5.41, 5.74) is 6.60. The lowest BCUT2D eigenvalue weighted by molar-refractivity contribution is 0.695. The van der Waals surface area contributed by atoms with Crippen LogP contribution in [-0.4, -0.2) is 9.97 Å². The average molecular weight is 198 g/mol. The molecule has 1 fully saturated rings. The van der Waals surface area contributed by atoms with Gasteiger partial charge in [0, 0.05) is 12.0 Å². The van der Waals surface area contributed by atoms with Gasteiger partial charge in [0.2, 0.25) is 5.28 Å². The van der Waals surface area contributed by atoms with Gasteiger partial charge in [0.15, 0.2) is 0 Å². The molecule has 0 aromatic carbocycles. The molecule has 0 radical (unpaired) electrons. The molecule has 1 aliphatic rings. The van der Waals surface area contributed by atoms with Crippen molar-refractivity contribution in [2.75, 3.05) is 5.73 Å². The van der Waals surface area contributed by atoms with Crippen molar-refractivity contribution in [2.45, 2.75) is 31.6 Å². The predicted octanol–water partition coefficient (Wildman–Crippen LogP) is 2.37. The lowest BCUT2D eigenvalue weighted by atomic mass is 10.0. The summed E-state index contributed by atoms with van der Waals surface area (Å²) in [7, 11) is 0. The molecule has 2 rings (SSSR count). The van der Waals surface area contributed by atoms with Gasteiger partial charge in [-0.15, -0.1) is 0 Å². The highest BCUT2D eigenvalue weighted by Crippen LogP contribution is 2.33. The predicted molar refractivity (Wildman–Crippen MR) is 52.7 cm³/mol. The minimum atomic E-state index is 0.266. The van der Waals surface area contributed by atoms with Crippen LogP contribution in [0, 0.1) is 0 Å². The number of anilines is 1. The molecule has 0 unspecified atom stereocenters. The fourth-order valence-electron chi connectivity index (χ4n) is 1.88. The van der Waals surface area contributed by atoms with Gasteiger partial charge in [-0.1, -0.05) is 12.8 Å². The van der Waals surface area contributed by atoms with Crippen LogP contribution >= 0.6 is 11.6 Å². The molecule has 70 valence electrons. The van der Waals surface area contributed by atoms with E-state index in [1.165, 1.54) is 25.7 Å². The molecule has 1 saturated carbocycles. The molecule has 0 amide bonds. The molecule has 2 N–H and O–H groups in total. The minimum Gasteiger partial charge on any atom is -0.384 e. The SMILES string of the molecule is Nc1cc(C2CCCC2)nc(Cl)n1. The molecule has 13 heavy (non-hydrogen) atoms. The second-order valence-corrected chi connectivity index (χ2v) is 3.81. The number of nitrogens with zero attached hydrogens (tertiary/aromatic N) is 2. The zero-order valence-electron chi connectivity index (χ0n) is 7.33. The van der Waals surface area contributed by atoms with Crippen molar-refractivity contribution in [1.29, 1.82) is 0 Å². The van der Waals surface area contributed by atoms with E-state index in [2.05, 4.69) is 9.97 Å². The summed E-state index contributed by atoms with van der Waals surface area (Å²) < 4.78 is 0. The standard InChI is InChI=1S/C9H12ClN3/c10-9-12-7(5-8(11)13-9)6-3-1-2-4-6/h5-6H,1-4H2,(H2,11,12,13). The van der Waals surface area contributed by atoms with Gasteiger partial charge in [0.25, 0.3) is 0 Å². The van der Waals surface area contributed by atoms with E-state index in [1.807, 2.05) is 6.07 Å². The Balaban J connectivity index is 2.28. The number of hydrogen-bond donors (Lipinski definition) is 1. The first-order chi connectivity index (χ1) is 6.25. The normalized spacial score (nSPS) is 17.9. The molecule has 0 spiro atoms. The smallest absolute Gasteiger partial charge is 0.224 e. The van der Waals surface area contributed by atoms with Gasteiger partial charge >= 0.3 is 0 Å². The van der Waals surface area contributed by atoms with E-state index in [4.69, 9.17) is 17.3 Å². The van der Waals surface area contributed by atoms with Gasteiger partial charge < -0.3 is 5.73 Å². The van der Waals surface area contributed by atoms with Crippen LogP contribution in [0.5, 0.6) is 0 Å². The molecule has 1 aromatic rings. The average Bonchev–Trinajstić information content (AvgIpc) is 2.53. The summed E-state index contributed by atoms with van der Waals surface area (Å²) in [6, 6.07) is 1.84. The molecular weight excluding hydrogens is 186 g/mol. The van der Waals surface area contributed by atoms with Crippen molar-refractivity contribution in [3.63, 3.8) is 0 Å². The van der Waals surface area contributed by atoms with Crippen molar-refractivity contribution in [3.8, 4) is 0 Å². The number of hydrogen-bond acceptors (Lipinski definition) is 3. The second kappa shape index (κ2) is 3.50. The summed E-state index contributed by atoms with van der Waals surface area (Å²) in [6.45, 7) is 0. The molecule has 0 bridgehead atoms. The molecule has 1 aliphatic carbocycles. The molecule has 1 aromatic heterocycles. The van der Waals surface area contributed by atoms with Crippen molar-refractivity contribution < 1.29 is 0 Å². The maximum atomic E-state index is 5.73. The van der Waals surface area contributed by atoms with E-state index in [0.29, 0.717) is 11.7 Å². The first kappa shape index (κ1) is 8.75. The quantitative estimate of drug-likeness (QED) is 0.704. The van der Waals surface area contributed by atoms with Gasteiger partial charge in [-0.05, 0) is 24.4 Å². The van der Waals surface area contributed by atoms with Crippen LogP contribution in [-0.2, 0) is 0 Å². The van der Waals surface area contributed by atoms with Crippen molar-refractivity contribution in [2.24, 2.45) is 0 Å². The Bertz CT molecular complexity index is 287. The Morgan fingerprint density at radius 3 is 2.62 bits per heavy atom. The van der Waals surface area contributed by atoms with E-state index in [-0.39, 0.29) is 5.28 Å². The highest BCUT2D eigenvalue weighted by atomic mass is 35.5. The maximum Gasteiger partial charge on any atom is 0.224 e. The zero-order chi connectivity index (χ0) is 9.26. The Morgan fingerprint density at radius 1 is 1.31 bits per heavy atom.